The molecule has 0 N–H and O–H groups in total. The Morgan fingerprint density at radius 1 is 1.18 bits per heavy atom. The number of benzene rings is 1. The molecule has 4 nitrogen and oxygen atoms in total. The van der Waals surface area contributed by atoms with Crippen molar-refractivity contribution in [2.24, 2.45) is 5.92 Å². The molecule has 2 bridgehead atoms. The lowest BCUT2D eigenvalue weighted by Crippen LogP contribution is -2.32. The van der Waals surface area contributed by atoms with E-state index in [0.717, 1.165) is 43.4 Å². The van der Waals surface area contributed by atoms with Gasteiger partial charge in [-0.2, -0.15) is 0 Å². The Morgan fingerprint density at radius 3 is 2.91 bits per heavy atom. The summed E-state index contributed by atoms with van der Waals surface area (Å²) in [5.74, 6) is 0.441. The number of carbonyl (C=O) groups excluding carboxylic acids is 1. The molecule has 1 aromatic carbocycles. The summed E-state index contributed by atoms with van der Waals surface area (Å²) in [6.45, 7) is 4.21. The molecule has 22 heavy (non-hydrogen) atoms. The second kappa shape index (κ2) is 4.59. The van der Waals surface area contributed by atoms with Crippen LogP contribution in [0.25, 0.3) is 10.9 Å². The normalized spacial score (nSPS) is 29.2. The Balaban J connectivity index is 1.52. The van der Waals surface area contributed by atoms with Gasteiger partial charge in [-0.05, 0) is 31.9 Å². The Hall–Kier alpha value is -1.81. The number of carbonyl (C=O) groups is 1. The predicted octanol–water partition coefficient (Wildman–Crippen LogP) is 2.45. The van der Waals surface area contributed by atoms with Crippen LogP contribution in [0.4, 0.5) is 0 Å². The number of hydrogen-bond donors (Lipinski definition) is 0. The lowest BCUT2D eigenvalue weighted by atomic mass is 10.0. The fourth-order valence-corrected chi connectivity index (χ4v) is 4.57. The maximum atomic E-state index is 12.9. The van der Waals surface area contributed by atoms with Crippen LogP contribution in [0.2, 0.25) is 0 Å². The fourth-order valence-electron chi connectivity index (χ4n) is 4.57. The largest absolute Gasteiger partial charge is 0.457 e. The highest BCUT2D eigenvalue weighted by molar-refractivity contribution is 6.06. The number of ether oxygens (including phenoxy) is 1. The number of aromatic nitrogens is 1. The number of piperidine rings is 1. The number of nitrogens with zero attached hydrogens (tertiary/aromatic N) is 2. The van der Waals surface area contributed by atoms with Crippen molar-refractivity contribution in [2.75, 3.05) is 19.6 Å². The van der Waals surface area contributed by atoms with Crippen molar-refractivity contribution >= 4 is 16.9 Å². The summed E-state index contributed by atoms with van der Waals surface area (Å²) in [6, 6.07) is 8.23. The lowest BCUT2D eigenvalue weighted by molar-refractivity contribution is 0.0183. The van der Waals surface area contributed by atoms with E-state index in [1.165, 1.54) is 24.2 Å². The van der Waals surface area contributed by atoms with Gasteiger partial charge >= 0.3 is 5.97 Å². The third kappa shape index (κ3) is 1.70. The fraction of sp³-hybridized carbons (Fsp3) is 0.500. The highest BCUT2D eigenvalue weighted by Gasteiger charge is 2.41. The zero-order valence-electron chi connectivity index (χ0n) is 12.6. The molecule has 3 unspecified atom stereocenters. The molecule has 2 fully saturated rings. The molecule has 0 amide bonds. The van der Waals surface area contributed by atoms with Gasteiger partial charge in [-0.1, -0.05) is 18.2 Å². The number of aryl methyl sites for hydroxylation is 1. The van der Waals surface area contributed by atoms with Crippen molar-refractivity contribution in [1.82, 2.24) is 9.47 Å². The maximum absolute atomic E-state index is 12.9. The molecule has 4 heterocycles. The average molecular weight is 296 g/mol. The molecule has 4 heteroatoms. The quantitative estimate of drug-likeness (QED) is 0.798. The summed E-state index contributed by atoms with van der Waals surface area (Å²) in [7, 11) is 0. The summed E-state index contributed by atoms with van der Waals surface area (Å²) in [4.78, 5) is 15.3. The maximum Gasteiger partial charge on any atom is 0.340 e. The van der Waals surface area contributed by atoms with E-state index in [1.54, 1.807) is 0 Å². The van der Waals surface area contributed by atoms with Crippen LogP contribution in [0.15, 0.2) is 24.3 Å². The molecular formula is C18H20N2O2. The Labute approximate surface area is 129 Å². The van der Waals surface area contributed by atoms with Crippen molar-refractivity contribution in [1.29, 1.82) is 0 Å². The number of hydrogen-bond acceptors (Lipinski definition) is 3. The van der Waals surface area contributed by atoms with Crippen LogP contribution in [-0.2, 0) is 17.7 Å². The van der Waals surface area contributed by atoms with Crippen LogP contribution < -0.4 is 0 Å². The number of fused-ring (bicyclic) bond motifs is 5. The minimum absolute atomic E-state index is 0.0944. The minimum Gasteiger partial charge on any atom is -0.457 e. The van der Waals surface area contributed by atoms with E-state index in [1.807, 2.05) is 12.1 Å². The average Bonchev–Trinajstić information content (AvgIpc) is 3.27. The Kier molecular flexibility index (Phi) is 2.65. The molecule has 2 aromatic rings. The van der Waals surface area contributed by atoms with Gasteiger partial charge in [-0.3, -0.25) is 4.90 Å². The Bertz CT molecular complexity index is 764. The molecule has 2 saturated heterocycles. The van der Waals surface area contributed by atoms with E-state index in [4.69, 9.17) is 4.74 Å². The minimum atomic E-state index is -0.106. The molecule has 3 aliphatic heterocycles. The van der Waals surface area contributed by atoms with E-state index < -0.39 is 0 Å². The van der Waals surface area contributed by atoms with Crippen molar-refractivity contribution in [3.63, 3.8) is 0 Å². The summed E-state index contributed by atoms with van der Waals surface area (Å²) in [5.41, 5.74) is 3.18. The predicted molar refractivity (Wildman–Crippen MR) is 84.0 cm³/mol. The smallest absolute Gasteiger partial charge is 0.340 e. The van der Waals surface area contributed by atoms with Crippen molar-refractivity contribution in [2.45, 2.75) is 31.9 Å². The molecule has 0 radical (unpaired) electrons. The van der Waals surface area contributed by atoms with Gasteiger partial charge in [0.1, 0.15) is 6.10 Å². The van der Waals surface area contributed by atoms with E-state index in [0.29, 0.717) is 5.92 Å². The zero-order chi connectivity index (χ0) is 14.7. The highest BCUT2D eigenvalue weighted by atomic mass is 16.5. The highest BCUT2D eigenvalue weighted by Crippen LogP contribution is 2.34. The van der Waals surface area contributed by atoms with Crippen LogP contribution in [0.1, 0.15) is 28.9 Å². The molecule has 3 aliphatic rings. The van der Waals surface area contributed by atoms with E-state index in [-0.39, 0.29) is 12.1 Å². The lowest BCUT2D eigenvalue weighted by Gasteiger charge is -2.22. The van der Waals surface area contributed by atoms with Crippen LogP contribution in [-0.4, -0.2) is 41.2 Å². The summed E-state index contributed by atoms with van der Waals surface area (Å²) < 4.78 is 8.23. The second-order valence-electron chi connectivity index (χ2n) is 6.85. The summed E-state index contributed by atoms with van der Waals surface area (Å²) >= 11 is 0. The van der Waals surface area contributed by atoms with Gasteiger partial charge in [0.2, 0.25) is 0 Å². The SMILES string of the molecule is O=C(OC1CN2CCC1C2)c1c2n(c3ccccc13)CCC2. The molecule has 5 rings (SSSR count). The van der Waals surface area contributed by atoms with E-state index >= 15 is 0 Å². The third-order valence-electron chi connectivity index (χ3n) is 5.61. The Morgan fingerprint density at radius 2 is 2.09 bits per heavy atom. The number of para-hydroxylation sites is 1. The third-order valence-corrected chi connectivity index (χ3v) is 5.61. The van der Waals surface area contributed by atoms with Crippen LogP contribution in [0, 0.1) is 5.92 Å². The van der Waals surface area contributed by atoms with Gasteiger partial charge < -0.3 is 9.30 Å². The standard InChI is InChI=1S/C18H20N2O2/c21-18(22-16-11-19-9-7-12(16)10-19)17-13-4-1-2-5-14(13)20-8-3-6-15(17)20/h1-2,4-5,12,16H,3,6-11H2. The van der Waals surface area contributed by atoms with Gasteiger partial charge in [-0.25, -0.2) is 4.79 Å². The first-order valence-corrected chi connectivity index (χ1v) is 8.35. The molecule has 114 valence electrons. The van der Waals surface area contributed by atoms with E-state index in [9.17, 15) is 4.79 Å². The van der Waals surface area contributed by atoms with Crippen LogP contribution in [0.5, 0.6) is 0 Å². The molecular weight excluding hydrogens is 276 g/mol. The first-order chi connectivity index (χ1) is 10.8. The van der Waals surface area contributed by atoms with Gasteiger partial charge in [0.05, 0.1) is 5.56 Å². The van der Waals surface area contributed by atoms with Gasteiger partial charge in [0, 0.05) is 42.1 Å². The first-order valence-electron chi connectivity index (χ1n) is 8.35. The molecule has 0 aliphatic carbocycles. The number of esters is 1. The number of rotatable bonds is 2. The topological polar surface area (TPSA) is 34.5 Å². The monoisotopic (exact) mass is 296 g/mol. The summed E-state index contributed by atoms with van der Waals surface area (Å²) in [6.07, 6.45) is 3.38. The molecule has 1 aromatic heterocycles. The first kappa shape index (κ1) is 12.7. The van der Waals surface area contributed by atoms with Gasteiger partial charge in [-0.15, -0.1) is 0 Å². The molecule has 3 atom stereocenters. The molecule has 0 spiro atoms. The van der Waals surface area contributed by atoms with Gasteiger partial charge in [0.15, 0.2) is 0 Å². The zero-order valence-corrected chi connectivity index (χ0v) is 12.6. The van der Waals surface area contributed by atoms with Crippen LogP contribution in [0.3, 0.4) is 0 Å². The van der Waals surface area contributed by atoms with Crippen molar-refractivity contribution in [3.8, 4) is 0 Å². The molecule has 0 saturated carbocycles. The second-order valence-corrected chi connectivity index (χ2v) is 6.85. The van der Waals surface area contributed by atoms with Crippen LogP contribution >= 0.6 is 0 Å². The van der Waals surface area contributed by atoms with Crippen molar-refractivity contribution < 1.29 is 9.53 Å². The summed E-state index contributed by atoms with van der Waals surface area (Å²) in [5, 5.41) is 1.06. The van der Waals surface area contributed by atoms with Crippen molar-refractivity contribution in [3.05, 3.63) is 35.5 Å². The van der Waals surface area contributed by atoms with E-state index in [2.05, 4.69) is 21.6 Å². The van der Waals surface area contributed by atoms with Gasteiger partial charge in [0.25, 0.3) is 0 Å².